The Hall–Kier alpha value is 2.00. The molecule has 4 heteroatoms. The zero-order valence-corrected chi connectivity index (χ0v) is 5.17. The van der Waals surface area contributed by atoms with Crippen molar-refractivity contribution in [3.63, 3.8) is 0 Å². The number of hydrogen-bond acceptors (Lipinski definition) is 0. The molecule has 0 rings (SSSR count). The van der Waals surface area contributed by atoms with Gasteiger partial charge in [-0.25, -0.2) is 0 Å². The quantitative estimate of drug-likeness (QED) is 0.406. The summed E-state index contributed by atoms with van der Waals surface area (Å²) < 4.78 is 0. The van der Waals surface area contributed by atoms with Gasteiger partial charge in [-0.2, -0.15) is 0 Å². The molecule has 0 spiro atoms. The Kier molecular flexibility index (Phi) is 188. The second kappa shape index (κ2) is 20.0. The molecule has 0 bridgehead atoms. The molecule has 0 fully saturated rings. The number of hydrogen-bond donors (Lipinski definition) is 0. The maximum absolute atomic E-state index is 0. The minimum atomic E-state index is 0. The Morgan fingerprint density at radius 1 is 0.750 bits per heavy atom. The molecule has 24 valence electrons. The van der Waals surface area contributed by atoms with Crippen molar-refractivity contribution in [2.24, 2.45) is 0 Å². The van der Waals surface area contributed by atoms with Crippen molar-refractivity contribution in [1.29, 1.82) is 0 Å². The normalized spacial score (nSPS) is 0. The summed E-state index contributed by atoms with van der Waals surface area (Å²) in [7, 11) is 0. The van der Waals surface area contributed by atoms with Gasteiger partial charge in [0.1, 0.15) is 0 Å². The molecule has 4 heavy (non-hydrogen) atoms. The first-order valence-electron chi connectivity index (χ1n) is 0. The molecule has 0 nitrogen and oxygen atoms in total. The van der Waals surface area contributed by atoms with Crippen molar-refractivity contribution < 1.29 is 57.9 Å². The monoisotopic (exact) mass is 226 g/mol. The molecule has 0 aliphatic rings. The Bertz CT molecular complexity index is 6.00. The topological polar surface area (TPSA) is 0 Å². The van der Waals surface area contributed by atoms with E-state index in [9.17, 15) is 0 Å². The van der Waals surface area contributed by atoms with E-state index in [-0.39, 0.29) is 74.7 Å². The first-order valence-corrected chi connectivity index (χ1v) is 0. The fourth-order valence-electron chi connectivity index (χ4n) is 0. The summed E-state index contributed by atoms with van der Waals surface area (Å²) in [5, 5.41) is 0. The van der Waals surface area contributed by atoms with E-state index in [4.69, 9.17) is 0 Å². The number of rotatable bonds is 0. The van der Waals surface area contributed by atoms with Gasteiger partial charge in [-0.05, 0) is 0 Å². The van der Waals surface area contributed by atoms with Crippen molar-refractivity contribution >= 4 is 16.8 Å². The van der Waals surface area contributed by atoms with Crippen LogP contribution in [0.15, 0.2) is 0 Å². The third kappa shape index (κ3) is 9.00. The second-order valence-corrected chi connectivity index (χ2v) is 0. The third-order valence-corrected chi connectivity index (χ3v) is 0. The predicted octanol–water partition coefficient (Wildman–Crippen LogP) is -2.37. The third-order valence-electron chi connectivity index (χ3n) is 0. The molecule has 0 aliphatic heterocycles. The van der Waals surface area contributed by atoms with Gasteiger partial charge in [0.25, 0.3) is 0 Å². The van der Waals surface area contributed by atoms with Crippen LogP contribution in [0.25, 0.3) is 0 Å². The minimum Gasteiger partial charge on any atom is 0 e. The molecule has 0 heterocycles. The van der Waals surface area contributed by atoms with Crippen LogP contribution < -0.4 is 0 Å². The molecular weight excluding hydrogens is 222 g/mol. The van der Waals surface area contributed by atoms with E-state index in [1.807, 2.05) is 0 Å². The molecule has 0 saturated heterocycles. The summed E-state index contributed by atoms with van der Waals surface area (Å²) in [6.45, 7) is 0. The van der Waals surface area contributed by atoms with Gasteiger partial charge in [-0.1, -0.05) is 0 Å². The molecule has 0 radical (unpaired) electrons. The first kappa shape index (κ1) is 37.5. The van der Waals surface area contributed by atoms with Crippen molar-refractivity contribution in [2.75, 3.05) is 0 Å². The van der Waals surface area contributed by atoms with Crippen molar-refractivity contribution in [2.45, 2.75) is 0 Å². The summed E-state index contributed by atoms with van der Waals surface area (Å²) in [6.07, 6.45) is 0. The molecular formula is H6B2FeNd. The van der Waals surface area contributed by atoms with E-state index in [1.165, 1.54) is 0 Å². The van der Waals surface area contributed by atoms with E-state index >= 15 is 0 Å². The molecule has 0 amide bonds. The van der Waals surface area contributed by atoms with Crippen molar-refractivity contribution in [3.05, 3.63) is 0 Å². The fourth-order valence-corrected chi connectivity index (χ4v) is 0. The van der Waals surface area contributed by atoms with Gasteiger partial charge in [-0.15, -0.1) is 0 Å². The van der Waals surface area contributed by atoms with Gasteiger partial charge >= 0.3 is 0 Å². The first-order chi connectivity index (χ1) is 0. The van der Waals surface area contributed by atoms with Gasteiger partial charge in [0, 0.05) is 57.9 Å². The molecule has 0 aromatic rings. The van der Waals surface area contributed by atoms with Gasteiger partial charge in [0.15, 0.2) is 0 Å². The van der Waals surface area contributed by atoms with Crippen LogP contribution in [0.1, 0.15) is 0 Å². The SMILES string of the molecule is B.B.[Fe].[Nd]. The summed E-state index contributed by atoms with van der Waals surface area (Å²) in [5.74, 6) is 0. The molecule has 0 unspecified atom stereocenters. The second-order valence-electron chi connectivity index (χ2n) is 0. The molecule has 0 N–H and O–H groups in total. The summed E-state index contributed by atoms with van der Waals surface area (Å²) >= 11 is 0. The predicted molar refractivity (Wildman–Crippen MR) is 19.9 cm³/mol. The van der Waals surface area contributed by atoms with Gasteiger partial charge in [-0.3, -0.25) is 0 Å². The van der Waals surface area contributed by atoms with Crippen LogP contribution in [0.3, 0.4) is 0 Å². The minimum absolute atomic E-state index is 0. The van der Waals surface area contributed by atoms with Crippen LogP contribution in [0.2, 0.25) is 0 Å². The Balaban J connectivity index is 0. The van der Waals surface area contributed by atoms with E-state index in [1.54, 1.807) is 0 Å². The summed E-state index contributed by atoms with van der Waals surface area (Å²) in [5.41, 5.74) is 0. The molecule has 0 saturated carbocycles. The van der Waals surface area contributed by atoms with Crippen LogP contribution in [-0.4, -0.2) is 16.8 Å². The largest absolute Gasteiger partial charge is 0.0814 e. The van der Waals surface area contributed by atoms with Crippen LogP contribution in [0.4, 0.5) is 0 Å². The standard InChI is InChI=1S/2BH3.Fe.Nd/h2*1H3;;. The molecule has 0 aromatic heterocycles. The van der Waals surface area contributed by atoms with Crippen molar-refractivity contribution in [3.8, 4) is 0 Å². The van der Waals surface area contributed by atoms with Gasteiger partial charge in [0.2, 0.25) is 0 Å². The summed E-state index contributed by atoms with van der Waals surface area (Å²) in [4.78, 5) is 0. The van der Waals surface area contributed by atoms with E-state index in [2.05, 4.69) is 0 Å². The maximum atomic E-state index is 0. The Labute approximate surface area is 73.6 Å². The fraction of sp³-hybridized carbons (Fsp3) is 0. The smallest absolute Gasteiger partial charge is 0 e. The molecule has 0 aromatic carbocycles. The van der Waals surface area contributed by atoms with E-state index in [0.29, 0.717) is 0 Å². The van der Waals surface area contributed by atoms with Gasteiger partial charge in [0.05, 0.1) is 16.8 Å². The zero-order valence-electron chi connectivity index (χ0n) is 0.854. The van der Waals surface area contributed by atoms with Crippen LogP contribution >= 0.6 is 0 Å². The summed E-state index contributed by atoms with van der Waals surface area (Å²) in [6, 6.07) is 0. The molecule has 0 atom stereocenters. The van der Waals surface area contributed by atoms with Crippen molar-refractivity contribution in [1.82, 2.24) is 0 Å². The average Bonchev–Trinajstić information content (AvgIpc) is 0. The zero-order chi connectivity index (χ0) is 0. The van der Waals surface area contributed by atoms with E-state index < -0.39 is 0 Å². The Morgan fingerprint density at radius 3 is 0.750 bits per heavy atom. The van der Waals surface area contributed by atoms with Crippen LogP contribution in [-0.2, 0) is 17.1 Å². The average molecular weight is 228 g/mol. The molecule has 0 aliphatic carbocycles. The van der Waals surface area contributed by atoms with Crippen LogP contribution in [0, 0.1) is 40.8 Å². The van der Waals surface area contributed by atoms with Gasteiger partial charge < -0.3 is 0 Å². The Morgan fingerprint density at radius 2 is 0.750 bits per heavy atom. The van der Waals surface area contributed by atoms with E-state index in [0.717, 1.165) is 0 Å². The van der Waals surface area contributed by atoms with Crippen LogP contribution in [0.5, 0.6) is 0 Å². The maximum Gasteiger partial charge on any atom is 0.0814 e.